The number of sulfonamides is 1. The second-order valence-corrected chi connectivity index (χ2v) is 6.77. The van der Waals surface area contributed by atoms with Crippen molar-refractivity contribution in [3.05, 3.63) is 29.8 Å². The predicted molar refractivity (Wildman–Crippen MR) is 69.9 cm³/mol. The number of rotatable bonds is 2. The Hall–Kier alpha value is -0.910. The summed E-state index contributed by atoms with van der Waals surface area (Å²) >= 11 is 0. The van der Waals surface area contributed by atoms with Gasteiger partial charge in [-0.3, -0.25) is 0 Å². The monoisotopic (exact) mass is 269 g/mol. The summed E-state index contributed by atoms with van der Waals surface area (Å²) < 4.78 is 32.0. The van der Waals surface area contributed by atoms with Gasteiger partial charge in [-0.05, 0) is 32.9 Å². The highest BCUT2D eigenvalue weighted by molar-refractivity contribution is 7.89. The summed E-state index contributed by atoms with van der Waals surface area (Å²) in [5, 5.41) is 0. The normalized spacial score (nSPS) is 26.2. The zero-order valence-corrected chi connectivity index (χ0v) is 11.8. The van der Waals surface area contributed by atoms with Crippen LogP contribution in [-0.4, -0.2) is 38.0 Å². The fourth-order valence-corrected chi connectivity index (χ4v) is 3.75. The van der Waals surface area contributed by atoms with Gasteiger partial charge in [-0.2, -0.15) is 4.31 Å². The molecule has 0 amide bonds. The van der Waals surface area contributed by atoms with Crippen LogP contribution in [0.2, 0.25) is 0 Å². The summed E-state index contributed by atoms with van der Waals surface area (Å²) in [6.45, 7) is 6.57. The standard InChI is InChI=1S/C13H19NO3S/c1-10-4-6-13(7-5-10)18(15,16)14-8-12(3)17-9-11(14)2/h4-7,11-12H,8-9H2,1-3H3/t11-,12+/m0/s1. The van der Waals surface area contributed by atoms with Crippen molar-refractivity contribution in [3.8, 4) is 0 Å². The van der Waals surface area contributed by atoms with Gasteiger partial charge in [0.1, 0.15) is 0 Å². The first-order valence-corrected chi connectivity index (χ1v) is 7.55. The molecular formula is C13H19NO3S. The van der Waals surface area contributed by atoms with E-state index in [0.717, 1.165) is 5.56 Å². The van der Waals surface area contributed by atoms with Crippen LogP contribution in [0.5, 0.6) is 0 Å². The minimum Gasteiger partial charge on any atom is -0.375 e. The quantitative estimate of drug-likeness (QED) is 0.822. The Morgan fingerprint density at radius 1 is 1.22 bits per heavy atom. The van der Waals surface area contributed by atoms with Gasteiger partial charge >= 0.3 is 0 Å². The molecule has 0 N–H and O–H groups in total. The van der Waals surface area contributed by atoms with Gasteiger partial charge in [-0.25, -0.2) is 8.42 Å². The van der Waals surface area contributed by atoms with Crippen molar-refractivity contribution in [2.75, 3.05) is 13.2 Å². The number of ether oxygens (including phenoxy) is 1. The topological polar surface area (TPSA) is 46.6 Å². The summed E-state index contributed by atoms with van der Waals surface area (Å²) in [5.74, 6) is 0. The molecule has 2 rings (SSSR count). The van der Waals surface area contributed by atoms with E-state index in [9.17, 15) is 8.42 Å². The molecule has 0 bridgehead atoms. The fraction of sp³-hybridized carbons (Fsp3) is 0.538. The highest BCUT2D eigenvalue weighted by Gasteiger charge is 2.33. The lowest BCUT2D eigenvalue weighted by molar-refractivity contribution is -0.0170. The highest BCUT2D eigenvalue weighted by atomic mass is 32.2. The van der Waals surface area contributed by atoms with Gasteiger partial charge in [0.2, 0.25) is 10.0 Å². The Morgan fingerprint density at radius 3 is 2.44 bits per heavy atom. The first-order chi connectivity index (χ1) is 8.41. The Morgan fingerprint density at radius 2 is 1.83 bits per heavy atom. The maximum absolute atomic E-state index is 12.5. The summed E-state index contributed by atoms with van der Waals surface area (Å²) in [6, 6.07) is 6.85. The van der Waals surface area contributed by atoms with Gasteiger partial charge in [-0.1, -0.05) is 17.7 Å². The first kappa shape index (κ1) is 13.5. The molecule has 100 valence electrons. The first-order valence-electron chi connectivity index (χ1n) is 6.11. The second kappa shape index (κ2) is 4.99. The molecule has 0 spiro atoms. The van der Waals surface area contributed by atoms with Crippen LogP contribution >= 0.6 is 0 Å². The molecule has 0 saturated carbocycles. The van der Waals surface area contributed by atoms with Crippen molar-refractivity contribution in [3.63, 3.8) is 0 Å². The number of morpholine rings is 1. The Balaban J connectivity index is 2.32. The van der Waals surface area contributed by atoms with Gasteiger partial charge in [-0.15, -0.1) is 0 Å². The van der Waals surface area contributed by atoms with E-state index in [-0.39, 0.29) is 12.1 Å². The van der Waals surface area contributed by atoms with E-state index in [4.69, 9.17) is 4.74 Å². The third-order valence-electron chi connectivity index (χ3n) is 3.18. The van der Waals surface area contributed by atoms with Gasteiger partial charge in [0, 0.05) is 12.6 Å². The molecule has 2 atom stereocenters. The molecule has 0 aromatic heterocycles. The van der Waals surface area contributed by atoms with E-state index >= 15 is 0 Å². The molecular weight excluding hydrogens is 250 g/mol. The zero-order valence-electron chi connectivity index (χ0n) is 11.0. The maximum Gasteiger partial charge on any atom is 0.243 e. The van der Waals surface area contributed by atoms with E-state index in [0.29, 0.717) is 18.0 Å². The minimum absolute atomic E-state index is 0.0542. The largest absolute Gasteiger partial charge is 0.375 e. The Labute approximate surface area is 109 Å². The van der Waals surface area contributed by atoms with Gasteiger partial charge < -0.3 is 4.74 Å². The van der Waals surface area contributed by atoms with Crippen LogP contribution < -0.4 is 0 Å². The highest BCUT2D eigenvalue weighted by Crippen LogP contribution is 2.22. The predicted octanol–water partition coefficient (Wildman–Crippen LogP) is 1.79. The molecule has 0 radical (unpaired) electrons. The van der Waals surface area contributed by atoms with Crippen molar-refractivity contribution in [1.29, 1.82) is 0 Å². The number of hydrogen-bond donors (Lipinski definition) is 0. The summed E-state index contributed by atoms with van der Waals surface area (Å²) in [7, 11) is -3.41. The average Bonchev–Trinajstić information content (AvgIpc) is 2.32. The lowest BCUT2D eigenvalue weighted by Gasteiger charge is -2.35. The molecule has 1 aliphatic heterocycles. The number of aryl methyl sites for hydroxylation is 1. The Bertz CT molecular complexity index is 510. The number of nitrogens with zero attached hydrogens (tertiary/aromatic N) is 1. The van der Waals surface area contributed by atoms with Crippen molar-refractivity contribution in [1.82, 2.24) is 4.31 Å². The van der Waals surface area contributed by atoms with Crippen LogP contribution in [0.25, 0.3) is 0 Å². The van der Waals surface area contributed by atoms with Crippen LogP contribution in [0.3, 0.4) is 0 Å². The Kier molecular flexibility index (Phi) is 3.75. The van der Waals surface area contributed by atoms with Crippen LogP contribution in [-0.2, 0) is 14.8 Å². The average molecular weight is 269 g/mol. The summed E-state index contributed by atoms with van der Waals surface area (Å²) in [5.41, 5.74) is 1.05. The maximum atomic E-state index is 12.5. The van der Waals surface area contributed by atoms with Gasteiger partial charge in [0.15, 0.2) is 0 Å². The van der Waals surface area contributed by atoms with E-state index in [2.05, 4.69) is 0 Å². The fourth-order valence-electron chi connectivity index (χ4n) is 2.05. The van der Waals surface area contributed by atoms with Crippen molar-refractivity contribution in [2.45, 2.75) is 37.8 Å². The lowest BCUT2D eigenvalue weighted by atomic mass is 10.2. The molecule has 1 heterocycles. The van der Waals surface area contributed by atoms with Crippen LogP contribution in [0.15, 0.2) is 29.2 Å². The van der Waals surface area contributed by atoms with Gasteiger partial charge in [0.05, 0.1) is 17.6 Å². The van der Waals surface area contributed by atoms with Crippen molar-refractivity contribution in [2.24, 2.45) is 0 Å². The summed E-state index contributed by atoms with van der Waals surface area (Å²) in [4.78, 5) is 0.356. The number of hydrogen-bond acceptors (Lipinski definition) is 3. The molecule has 0 unspecified atom stereocenters. The molecule has 4 nitrogen and oxygen atoms in total. The van der Waals surface area contributed by atoms with Crippen molar-refractivity contribution < 1.29 is 13.2 Å². The summed E-state index contributed by atoms with van der Waals surface area (Å²) in [6.07, 6.45) is -0.0542. The van der Waals surface area contributed by atoms with Crippen LogP contribution in [0, 0.1) is 6.92 Å². The van der Waals surface area contributed by atoms with E-state index in [1.54, 1.807) is 12.1 Å². The van der Waals surface area contributed by atoms with Crippen LogP contribution in [0.4, 0.5) is 0 Å². The van der Waals surface area contributed by atoms with E-state index in [1.807, 2.05) is 32.9 Å². The SMILES string of the molecule is Cc1ccc(S(=O)(=O)N2C[C@@H](C)OC[C@@H]2C)cc1. The molecule has 1 aromatic carbocycles. The minimum atomic E-state index is -3.41. The van der Waals surface area contributed by atoms with Crippen LogP contribution in [0.1, 0.15) is 19.4 Å². The molecule has 1 aromatic rings. The van der Waals surface area contributed by atoms with Crippen molar-refractivity contribution >= 4 is 10.0 Å². The number of benzene rings is 1. The molecule has 18 heavy (non-hydrogen) atoms. The van der Waals surface area contributed by atoms with Gasteiger partial charge in [0.25, 0.3) is 0 Å². The third-order valence-corrected chi connectivity index (χ3v) is 5.17. The molecule has 1 fully saturated rings. The molecule has 1 saturated heterocycles. The molecule has 1 aliphatic rings. The smallest absolute Gasteiger partial charge is 0.243 e. The van der Waals surface area contributed by atoms with E-state index < -0.39 is 10.0 Å². The molecule has 0 aliphatic carbocycles. The third kappa shape index (κ3) is 2.58. The van der Waals surface area contributed by atoms with E-state index in [1.165, 1.54) is 4.31 Å². The lowest BCUT2D eigenvalue weighted by Crippen LogP contribution is -2.50. The zero-order chi connectivity index (χ0) is 13.3. The second-order valence-electron chi connectivity index (χ2n) is 4.88. The molecule has 5 heteroatoms.